The summed E-state index contributed by atoms with van der Waals surface area (Å²) < 4.78 is 4.66. The first-order valence-electron chi connectivity index (χ1n) is 8.37. The molecule has 122 valence electrons. The summed E-state index contributed by atoms with van der Waals surface area (Å²) in [6.45, 7) is 9.03. The van der Waals surface area contributed by atoms with Crippen LogP contribution in [0.5, 0.6) is 0 Å². The lowest BCUT2D eigenvalue weighted by molar-refractivity contribution is 0.224. The van der Waals surface area contributed by atoms with Crippen LogP contribution in [-0.2, 0) is 5.54 Å². The van der Waals surface area contributed by atoms with Gasteiger partial charge in [-0.05, 0) is 65.2 Å². The van der Waals surface area contributed by atoms with Gasteiger partial charge in [0, 0.05) is 0 Å². The van der Waals surface area contributed by atoms with Gasteiger partial charge in [0.05, 0.1) is 14.8 Å². The van der Waals surface area contributed by atoms with Crippen LogP contribution in [0, 0.1) is 10.5 Å². The number of unbranched alkanes of at least 4 members (excludes halogenated alkanes) is 5. The topological polar surface area (TPSA) is 17.8 Å². The van der Waals surface area contributed by atoms with Gasteiger partial charge in [-0.15, -0.1) is 0 Å². The molecule has 21 heavy (non-hydrogen) atoms. The minimum Gasteiger partial charge on any atom is -0.251 e. The molecule has 0 saturated carbocycles. The average molecular weight is 469 g/mol. The number of aromatic nitrogens is 2. The van der Waals surface area contributed by atoms with Crippen molar-refractivity contribution >= 4 is 38.5 Å². The van der Waals surface area contributed by atoms with Gasteiger partial charge in [-0.1, -0.05) is 58.8 Å². The van der Waals surface area contributed by atoms with E-state index in [9.17, 15) is 0 Å². The normalized spacial score (nSPS) is 14.4. The number of nitrogens with zero attached hydrogens (tertiary/aromatic N) is 2. The molecule has 4 heteroatoms. The first kappa shape index (κ1) is 19.5. The molecule has 0 bridgehead atoms. The highest BCUT2D eigenvalue weighted by Gasteiger charge is 2.29. The Morgan fingerprint density at radius 1 is 1.05 bits per heavy atom. The second-order valence-electron chi connectivity index (χ2n) is 6.37. The van der Waals surface area contributed by atoms with E-state index in [0.29, 0.717) is 0 Å². The number of halogens is 2. The van der Waals surface area contributed by atoms with E-state index in [1.165, 1.54) is 61.4 Å². The van der Waals surface area contributed by atoms with Crippen molar-refractivity contribution in [2.24, 2.45) is 0 Å². The molecule has 0 aliphatic carbocycles. The van der Waals surface area contributed by atoms with E-state index in [0.717, 1.165) is 10.3 Å². The highest BCUT2D eigenvalue weighted by Crippen LogP contribution is 2.35. The summed E-state index contributed by atoms with van der Waals surface area (Å²) in [4.78, 5) is 0. The van der Waals surface area contributed by atoms with Gasteiger partial charge in [0.1, 0.15) is 4.60 Å². The minimum absolute atomic E-state index is 0.148. The molecule has 0 aliphatic heterocycles. The van der Waals surface area contributed by atoms with Crippen molar-refractivity contribution in [2.75, 3.05) is 0 Å². The molecule has 1 rings (SSSR count). The van der Waals surface area contributed by atoms with Crippen LogP contribution in [-0.4, -0.2) is 9.78 Å². The maximum atomic E-state index is 4.81. The predicted molar refractivity (Wildman–Crippen MR) is 104 cm³/mol. The van der Waals surface area contributed by atoms with Gasteiger partial charge in [0.15, 0.2) is 0 Å². The summed E-state index contributed by atoms with van der Waals surface area (Å²) in [7, 11) is 0. The smallest absolute Gasteiger partial charge is 0.118 e. The maximum Gasteiger partial charge on any atom is 0.118 e. The fourth-order valence-electron chi connectivity index (χ4n) is 2.84. The summed E-state index contributed by atoms with van der Waals surface area (Å²) in [5, 5.41) is 4.81. The lowest BCUT2D eigenvalue weighted by Gasteiger charge is -2.31. The van der Waals surface area contributed by atoms with Crippen molar-refractivity contribution in [1.82, 2.24) is 9.78 Å². The van der Waals surface area contributed by atoms with Crippen LogP contribution < -0.4 is 0 Å². The SMILES string of the molecule is CCCCCCCC(C)(CCCC)n1nc(C)c(I)c1Br. The maximum absolute atomic E-state index is 4.81. The highest BCUT2D eigenvalue weighted by atomic mass is 127. The molecule has 1 atom stereocenters. The quantitative estimate of drug-likeness (QED) is 0.272. The van der Waals surface area contributed by atoms with Gasteiger partial charge < -0.3 is 0 Å². The van der Waals surface area contributed by atoms with Crippen molar-refractivity contribution < 1.29 is 0 Å². The van der Waals surface area contributed by atoms with E-state index in [4.69, 9.17) is 5.10 Å². The molecule has 2 nitrogen and oxygen atoms in total. The summed E-state index contributed by atoms with van der Waals surface area (Å²) in [5.41, 5.74) is 1.28. The Morgan fingerprint density at radius 3 is 2.14 bits per heavy atom. The van der Waals surface area contributed by atoms with E-state index in [1.54, 1.807) is 0 Å². The molecule has 0 N–H and O–H groups in total. The van der Waals surface area contributed by atoms with Crippen molar-refractivity contribution in [3.05, 3.63) is 13.9 Å². The van der Waals surface area contributed by atoms with Gasteiger partial charge >= 0.3 is 0 Å². The van der Waals surface area contributed by atoms with E-state index in [1.807, 2.05) is 0 Å². The molecular formula is C17H30BrIN2. The molecule has 1 aromatic heterocycles. The molecule has 0 radical (unpaired) electrons. The zero-order valence-corrected chi connectivity index (χ0v) is 17.8. The van der Waals surface area contributed by atoms with Crippen molar-refractivity contribution in [3.8, 4) is 0 Å². The summed E-state index contributed by atoms with van der Waals surface area (Å²) in [6.07, 6.45) is 11.7. The van der Waals surface area contributed by atoms with Crippen LogP contribution in [0.1, 0.15) is 84.3 Å². The zero-order valence-electron chi connectivity index (χ0n) is 14.0. The molecule has 1 unspecified atom stereocenters. The second kappa shape index (κ2) is 9.53. The molecule has 0 spiro atoms. The number of aryl methyl sites for hydroxylation is 1. The average Bonchev–Trinajstić information content (AvgIpc) is 2.73. The molecule has 0 aliphatic rings. The Bertz CT molecular complexity index is 431. The lowest BCUT2D eigenvalue weighted by atomic mass is 9.89. The van der Waals surface area contributed by atoms with Crippen LogP contribution in [0.15, 0.2) is 4.60 Å². The van der Waals surface area contributed by atoms with E-state index in [2.05, 4.69) is 70.9 Å². The third-order valence-corrected chi connectivity index (χ3v) is 7.10. The van der Waals surface area contributed by atoms with E-state index in [-0.39, 0.29) is 5.54 Å². The van der Waals surface area contributed by atoms with Crippen LogP contribution >= 0.6 is 38.5 Å². The molecule has 1 heterocycles. The Kier molecular flexibility index (Phi) is 8.84. The Labute approximate surface area is 152 Å². The molecule has 1 aromatic rings. The van der Waals surface area contributed by atoms with Crippen molar-refractivity contribution in [1.29, 1.82) is 0 Å². The van der Waals surface area contributed by atoms with E-state index >= 15 is 0 Å². The number of hydrogen-bond donors (Lipinski definition) is 0. The minimum atomic E-state index is 0.148. The number of rotatable bonds is 10. The zero-order chi connectivity index (χ0) is 15.9. The second-order valence-corrected chi connectivity index (χ2v) is 8.20. The van der Waals surface area contributed by atoms with Crippen LogP contribution in [0.4, 0.5) is 0 Å². The summed E-state index contributed by atoms with van der Waals surface area (Å²) in [6, 6.07) is 0. The first-order chi connectivity index (χ1) is 9.96. The predicted octanol–water partition coefficient (Wildman–Crippen LogP) is 6.82. The van der Waals surface area contributed by atoms with Crippen molar-refractivity contribution in [2.45, 2.75) is 91.0 Å². The molecule has 0 fully saturated rings. The fraction of sp³-hybridized carbons (Fsp3) is 0.824. The number of hydrogen-bond acceptors (Lipinski definition) is 1. The van der Waals surface area contributed by atoms with Crippen LogP contribution in [0.2, 0.25) is 0 Å². The fourth-order valence-corrected chi connectivity index (χ4v) is 3.97. The Hall–Kier alpha value is 0.420. The van der Waals surface area contributed by atoms with Crippen LogP contribution in [0.3, 0.4) is 0 Å². The molecular weight excluding hydrogens is 439 g/mol. The first-order valence-corrected chi connectivity index (χ1v) is 10.2. The Balaban J connectivity index is 2.79. The summed E-state index contributed by atoms with van der Waals surface area (Å²) >= 11 is 6.15. The van der Waals surface area contributed by atoms with Gasteiger partial charge in [-0.3, -0.25) is 4.68 Å². The van der Waals surface area contributed by atoms with Gasteiger partial charge in [0.25, 0.3) is 0 Å². The third-order valence-electron chi connectivity index (χ3n) is 4.33. The molecule has 0 saturated heterocycles. The third kappa shape index (κ3) is 5.52. The Morgan fingerprint density at radius 2 is 1.62 bits per heavy atom. The van der Waals surface area contributed by atoms with E-state index < -0.39 is 0 Å². The van der Waals surface area contributed by atoms with Gasteiger partial charge in [0.2, 0.25) is 0 Å². The van der Waals surface area contributed by atoms with Gasteiger partial charge in [-0.25, -0.2) is 0 Å². The van der Waals surface area contributed by atoms with Gasteiger partial charge in [-0.2, -0.15) is 5.10 Å². The monoisotopic (exact) mass is 468 g/mol. The molecule has 0 aromatic carbocycles. The molecule has 0 amide bonds. The van der Waals surface area contributed by atoms with Crippen LogP contribution in [0.25, 0.3) is 0 Å². The van der Waals surface area contributed by atoms with Crippen molar-refractivity contribution in [3.63, 3.8) is 0 Å². The summed E-state index contributed by atoms with van der Waals surface area (Å²) in [5.74, 6) is 0. The largest absolute Gasteiger partial charge is 0.251 e. The highest BCUT2D eigenvalue weighted by molar-refractivity contribution is 14.1. The standard InChI is InChI=1S/C17H30BrIN2/c1-5-7-9-10-11-13-17(4,12-8-6-2)21-16(18)15(19)14(3)20-21/h5-13H2,1-4H3. The lowest BCUT2D eigenvalue weighted by Crippen LogP contribution is -2.31.